The smallest absolute Gasteiger partial charge is 0.252 e. The van der Waals surface area contributed by atoms with E-state index in [9.17, 15) is 4.79 Å². The molecule has 1 N–H and O–H groups in total. The minimum absolute atomic E-state index is 0.175. The number of hydrogen-bond acceptors (Lipinski definition) is 1. The molecule has 21 heavy (non-hydrogen) atoms. The Morgan fingerprint density at radius 1 is 1.14 bits per heavy atom. The lowest BCUT2D eigenvalue weighted by atomic mass is 9.96. The largest absolute Gasteiger partial charge is 0.351 e. The molecule has 2 rings (SSSR count). The third-order valence-corrected chi connectivity index (χ3v) is 4.00. The summed E-state index contributed by atoms with van der Waals surface area (Å²) in [6, 6.07) is 15.0. The van der Waals surface area contributed by atoms with Crippen molar-refractivity contribution in [3.63, 3.8) is 0 Å². The average Bonchev–Trinajstić information content (AvgIpc) is 2.48. The number of hydrogen-bond donors (Lipinski definition) is 1. The summed E-state index contributed by atoms with van der Waals surface area (Å²) in [5.74, 6) is 0.118. The van der Waals surface area contributed by atoms with E-state index in [4.69, 9.17) is 23.2 Å². The van der Waals surface area contributed by atoms with Crippen molar-refractivity contribution in [2.45, 2.75) is 19.3 Å². The second-order valence-corrected chi connectivity index (χ2v) is 5.69. The molecule has 0 heterocycles. The Morgan fingerprint density at radius 2 is 1.86 bits per heavy atom. The summed E-state index contributed by atoms with van der Waals surface area (Å²) in [7, 11) is 0. The van der Waals surface area contributed by atoms with Crippen LogP contribution in [0.4, 0.5) is 0 Å². The molecule has 1 atom stereocenters. The fourth-order valence-corrected chi connectivity index (χ4v) is 2.70. The van der Waals surface area contributed by atoms with E-state index in [0.717, 1.165) is 6.42 Å². The van der Waals surface area contributed by atoms with Gasteiger partial charge in [0.15, 0.2) is 0 Å². The minimum atomic E-state index is -0.175. The van der Waals surface area contributed by atoms with Crippen LogP contribution in [0.5, 0.6) is 0 Å². The summed E-state index contributed by atoms with van der Waals surface area (Å²) in [4.78, 5) is 12.2. The Kier molecular flexibility index (Phi) is 5.66. The van der Waals surface area contributed by atoms with Crippen LogP contribution in [0.1, 0.15) is 35.2 Å². The fraction of sp³-hybridized carbons (Fsp3) is 0.235. The standard InChI is InChI=1S/C17H17Cl2NO/c1-2-12(13-6-4-3-5-7-13)11-20-17(21)15-9-8-14(18)10-16(15)19/h3-10,12H,2,11H2,1H3,(H,20,21). The number of carbonyl (C=O) groups excluding carboxylic acids is 1. The van der Waals surface area contributed by atoms with Gasteiger partial charge in [0.2, 0.25) is 0 Å². The molecule has 2 nitrogen and oxygen atoms in total. The van der Waals surface area contributed by atoms with E-state index >= 15 is 0 Å². The maximum Gasteiger partial charge on any atom is 0.252 e. The molecule has 0 saturated heterocycles. The molecule has 2 aromatic rings. The SMILES string of the molecule is CCC(CNC(=O)c1ccc(Cl)cc1Cl)c1ccccc1. The fourth-order valence-electron chi connectivity index (χ4n) is 2.21. The highest BCUT2D eigenvalue weighted by molar-refractivity contribution is 6.36. The average molecular weight is 322 g/mol. The van der Waals surface area contributed by atoms with Gasteiger partial charge in [-0.25, -0.2) is 0 Å². The number of carbonyl (C=O) groups is 1. The van der Waals surface area contributed by atoms with Crippen LogP contribution in [0, 0.1) is 0 Å². The highest BCUT2D eigenvalue weighted by Crippen LogP contribution is 2.22. The second-order valence-electron chi connectivity index (χ2n) is 4.85. The Balaban J connectivity index is 2.03. The van der Waals surface area contributed by atoms with Crippen molar-refractivity contribution in [2.75, 3.05) is 6.54 Å². The maximum absolute atomic E-state index is 12.2. The van der Waals surface area contributed by atoms with Gasteiger partial charge in [-0.1, -0.05) is 60.5 Å². The first-order valence-corrected chi connectivity index (χ1v) is 7.65. The number of rotatable bonds is 5. The predicted octanol–water partition coefficient (Wildman–Crippen LogP) is 4.92. The van der Waals surface area contributed by atoms with Crippen molar-refractivity contribution in [2.24, 2.45) is 0 Å². The molecular weight excluding hydrogens is 305 g/mol. The third kappa shape index (κ3) is 4.23. The highest BCUT2D eigenvalue weighted by atomic mass is 35.5. The summed E-state index contributed by atoms with van der Waals surface area (Å²) in [6.07, 6.45) is 0.957. The molecule has 0 aliphatic heterocycles. The van der Waals surface area contributed by atoms with E-state index in [0.29, 0.717) is 28.1 Å². The molecular formula is C17H17Cl2NO. The van der Waals surface area contributed by atoms with E-state index < -0.39 is 0 Å². The maximum atomic E-state index is 12.2. The van der Waals surface area contributed by atoms with Gasteiger partial charge in [-0.3, -0.25) is 4.79 Å². The van der Waals surface area contributed by atoms with Crippen LogP contribution in [0.3, 0.4) is 0 Å². The van der Waals surface area contributed by atoms with Crippen LogP contribution in [0.25, 0.3) is 0 Å². The number of nitrogens with one attached hydrogen (secondary N) is 1. The number of amides is 1. The van der Waals surface area contributed by atoms with Gasteiger partial charge in [0, 0.05) is 17.5 Å². The molecule has 0 aliphatic rings. The van der Waals surface area contributed by atoms with Gasteiger partial charge < -0.3 is 5.32 Å². The number of halogens is 2. The molecule has 0 radical (unpaired) electrons. The van der Waals surface area contributed by atoms with Crippen LogP contribution in [-0.4, -0.2) is 12.5 Å². The van der Waals surface area contributed by atoms with Crippen molar-refractivity contribution >= 4 is 29.1 Å². The van der Waals surface area contributed by atoms with Gasteiger partial charge in [-0.2, -0.15) is 0 Å². The zero-order chi connectivity index (χ0) is 15.2. The van der Waals surface area contributed by atoms with Crippen molar-refractivity contribution in [1.29, 1.82) is 0 Å². The summed E-state index contributed by atoms with van der Waals surface area (Å²) < 4.78 is 0. The lowest BCUT2D eigenvalue weighted by Gasteiger charge is -2.16. The summed E-state index contributed by atoms with van der Waals surface area (Å²) >= 11 is 11.9. The van der Waals surface area contributed by atoms with Gasteiger partial charge in [-0.15, -0.1) is 0 Å². The predicted molar refractivity (Wildman–Crippen MR) is 88.3 cm³/mol. The highest BCUT2D eigenvalue weighted by Gasteiger charge is 2.14. The van der Waals surface area contributed by atoms with Crippen molar-refractivity contribution in [3.05, 3.63) is 69.7 Å². The quantitative estimate of drug-likeness (QED) is 0.832. The van der Waals surface area contributed by atoms with Gasteiger partial charge in [-0.05, 0) is 30.2 Å². The minimum Gasteiger partial charge on any atom is -0.351 e. The van der Waals surface area contributed by atoms with E-state index in [-0.39, 0.29) is 5.91 Å². The summed E-state index contributed by atoms with van der Waals surface area (Å²) in [6.45, 7) is 2.69. The molecule has 1 amide bonds. The second kappa shape index (κ2) is 7.48. The van der Waals surface area contributed by atoms with Crippen LogP contribution in [0.15, 0.2) is 48.5 Å². The van der Waals surface area contributed by atoms with Gasteiger partial charge in [0.25, 0.3) is 5.91 Å². The molecule has 110 valence electrons. The Morgan fingerprint density at radius 3 is 2.48 bits per heavy atom. The topological polar surface area (TPSA) is 29.1 Å². The van der Waals surface area contributed by atoms with Gasteiger partial charge in [0.1, 0.15) is 0 Å². The summed E-state index contributed by atoms with van der Waals surface area (Å²) in [5, 5.41) is 3.83. The monoisotopic (exact) mass is 321 g/mol. The molecule has 0 aliphatic carbocycles. The lowest BCUT2D eigenvalue weighted by Crippen LogP contribution is -2.28. The molecule has 2 aromatic carbocycles. The van der Waals surface area contributed by atoms with Crippen LogP contribution >= 0.6 is 23.2 Å². The van der Waals surface area contributed by atoms with Crippen LogP contribution < -0.4 is 5.32 Å². The molecule has 0 saturated carbocycles. The zero-order valence-electron chi connectivity index (χ0n) is 11.8. The Bertz CT molecular complexity index is 613. The van der Waals surface area contributed by atoms with E-state index in [1.54, 1.807) is 18.2 Å². The number of benzene rings is 2. The van der Waals surface area contributed by atoms with Crippen molar-refractivity contribution in [1.82, 2.24) is 5.32 Å². The molecule has 0 spiro atoms. The van der Waals surface area contributed by atoms with Crippen LogP contribution in [0.2, 0.25) is 10.0 Å². The van der Waals surface area contributed by atoms with Gasteiger partial charge >= 0.3 is 0 Å². The Labute approximate surface area is 135 Å². The molecule has 4 heteroatoms. The van der Waals surface area contributed by atoms with E-state index in [2.05, 4.69) is 24.4 Å². The lowest BCUT2D eigenvalue weighted by molar-refractivity contribution is 0.0951. The molecule has 0 fully saturated rings. The van der Waals surface area contributed by atoms with Crippen molar-refractivity contribution in [3.8, 4) is 0 Å². The first kappa shape index (κ1) is 15.9. The summed E-state index contributed by atoms with van der Waals surface area (Å²) in [5.41, 5.74) is 1.67. The first-order valence-electron chi connectivity index (χ1n) is 6.90. The molecule has 1 unspecified atom stereocenters. The normalized spacial score (nSPS) is 12.0. The molecule has 0 aromatic heterocycles. The Hall–Kier alpha value is -1.51. The van der Waals surface area contributed by atoms with Crippen molar-refractivity contribution < 1.29 is 4.79 Å². The third-order valence-electron chi connectivity index (χ3n) is 3.45. The van der Waals surface area contributed by atoms with Gasteiger partial charge in [0.05, 0.1) is 10.6 Å². The van der Waals surface area contributed by atoms with E-state index in [1.165, 1.54) is 5.56 Å². The zero-order valence-corrected chi connectivity index (χ0v) is 13.3. The van der Waals surface area contributed by atoms with E-state index in [1.807, 2.05) is 18.2 Å². The molecule has 0 bridgehead atoms. The van der Waals surface area contributed by atoms with Crippen LogP contribution in [-0.2, 0) is 0 Å². The first-order chi connectivity index (χ1) is 10.1.